The zero-order valence-electron chi connectivity index (χ0n) is 14.5. The molecule has 0 unspecified atom stereocenters. The minimum atomic E-state index is -1.75. The third-order valence-corrected chi connectivity index (χ3v) is 4.13. The number of aldehydes is 1. The van der Waals surface area contributed by atoms with Gasteiger partial charge in [-0.15, -0.1) is 0 Å². The number of benzene rings is 2. The van der Waals surface area contributed by atoms with Gasteiger partial charge in [0.25, 0.3) is 0 Å². The Kier molecular flexibility index (Phi) is 5.20. The normalized spacial score (nSPS) is 10.6. The Hall–Kier alpha value is -2.90. The van der Waals surface area contributed by atoms with Gasteiger partial charge in [0.05, 0.1) is 5.56 Å². The van der Waals surface area contributed by atoms with E-state index in [4.69, 9.17) is 9.15 Å². The molecule has 2 N–H and O–H groups in total. The minimum absolute atomic E-state index is 0.0903. The summed E-state index contributed by atoms with van der Waals surface area (Å²) in [7, 11) is -1.75. The summed E-state index contributed by atoms with van der Waals surface area (Å²) in [4.78, 5) is 15.8. The number of carbonyl (C=O) groups is 1. The Labute approximate surface area is 151 Å². The van der Waals surface area contributed by atoms with E-state index in [-0.39, 0.29) is 23.4 Å². The molecule has 3 aromatic rings. The largest absolute Gasteiger partial charge is 0.489 e. The summed E-state index contributed by atoms with van der Waals surface area (Å²) in [6.45, 7) is 3.86. The Balaban J connectivity index is 1.85. The van der Waals surface area contributed by atoms with Crippen LogP contribution in [-0.2, 0) is 6.61 Å². The molecule has 0 aliphatic carbocycles. The highest BCUT2D eigenvalue weighted by molar-refractivity contribution is 6.60. The second kappa shape index (κ2) is 7.55. The van der Waals surface area contributed by atoms with Crippen LogP contribution in [0.2, 0.25) is 0 Å². The number of aryl methyl sites for hydroxylation is 2. The molecule has 1 heterocycles. The van der Waals surface area contributed by atoms with E-state index in [1.807, 2.05) is 31.2 Å². The second-order valence-corrected chi connectivity index (χ2v) is 5.88. The molecule has 7 heteroatoms. The summed E-state index contributed by atoms with van der Waals surface area (Å²) in [6, 6.07) is 12.4. The molecule has 0 fully saturated rings. The van der Waals surface area contributed by atoms with Crippen LogP contribution in [0.15, 0.2) is 46.9 Å². The first kappa shape index (κ1) is 17.9. The SMILES string of the molecule is Cc1ccccc1-c1nc(COc2cccc(B(O)O)c2C=O)c(C)o1. The molecular weight excluding hydrogens is 333 g/mol. The number of carbonyl (C=O) groups excluding carboxylic acids is 1. The lowest BCUT2D eigenvalue weighted by Gasteiger charge is -2.10. The number of ether oxygens (including phenoxy) is 1. The van der Waals surface area contributed by atoms with Crippen molar-refractivity contribution in [1.82, 2.24) is 4.98 Å². The molecule has 1 aromatic heterocycles. The van der Waals surface area contributed by atoms with Crippen LogP contribution in [0.3, 0.4) is 0 Å². The highest BCUT2D eigenvalue weighted by Crippen LogP contribution is 2.25. The van der Waals surface area contributed by atoms with Crippen LogP contribution in [0, 0.1) is 13.8 Å². The van der Waals surface area contributed by atoms with Gasteiger partial charge in [0.15, 0.2) is 6.29 Å². The molecule has 3 rings (SSSR count). The average molecular weight is 351 g/mol. The van der Waals surface area contributed by atoms with Gasteiger partial charge < -0.3 is 19.2 Å². The number of hydrogen-bond acceptors (Lipinski definition) is 6. The molecule has 132 valence electrons. The number of aromatic nitrogens is 1. The van der Waals surface area contributed by atoms with Crippen LogP contribution < -0.4 is 10.2 Å². The maximum Gasteiger partial charge on any atom is 0.489 e. The molecule has 0 saturated carbocycles. The number of rotatable bonds is 6. The third kappa shape index (κ3) is 3.54. The summed E-state index contributed by atoms with van der Waals surface area (Å²) >= 11 is 0. The molecule has 0 radical (unpaired) electrons. The first-order valence-corrected chi connectivity index (χ1v) is 8.10. The van der Waals surface area contributed by atoms with Crippen LogP contribution in [-0.4, -0.2) is 28.4 Å². The summed E-state index contributed by atoms with van der Waals surface area (Å²) in [5, 5.41) is 18.7. The predicted molar refractivity (Wildman–Crippen MR) is 97.4 cm³/mol. The van der Waals surface area contributed by atoms with E-state index in [0.717, 1.165) is 11.1 Å². The minimum Gasteiger partial charge on any atom is -0.486 e. The maximum absolute atomic E-state index is 11.3. The molecule has 6 nitrogen and oxygen atoms in total. The standard InChI is InChI=1S/C19H18BNO5/c1-12-6-3-4-7-14(12)19-21-17(13(2)26-19)11-25-18-9-5-8-16(20(23)24)15(18)10-22/h3-10,23-24H,11H2,1-2H3. The molecule has 0 amide bonds. The van der Waals surface area contributed by atoms with Gasteiger partial charge in [0.1, 0.15) is 23.8 Å². The van der Waals surface area contributed by atoms with Crippen molar-refractivity contribution < 1.29 is 24.0 Å². The van der Waals surface area contributed by atoms with Crippen molar-refractivity contribution >= 4 is 18.9 Å². The monoisotopic (exact) mass is 351 g/mol. The van der Waals surface area contributed by atoms with Crippen molar-refractivity contribution in [2.45, 2.75) is 20.5 Å². The van der Waals surface area contributed by atoms with Gasteiger partial charge >= 0.3 is 7.12 Å². The molecular formula is C19H18BNO5. The smallest absolute Gasteiger partial charge is 0.486 e. The fraction of sp³-hybridized carbons (Fsp3) is 0.158. The van der Waals surface area contributed by atoms with Gasteiger partial charge in [-0.3, -0.25) is 4.79 Å². The molecule has 0 atom stereocenters. The molecule has 0 bridgehead atoms. The maximum atomic E-state index is 11.3. The molecule has 0 spiro atoms. The summed E-state index contributed by atoms with van der Waals surface area (Å²) in [5.74, 6) is 1.38. The number of nitrogens with zero attached hydrogens (tertiary/aromatic N) is 1. The Bertz CT molecular complexity index is 935. The molecule has 0 aliphatic rings. The Morgan fingerprint density at radius 3 is 2.62 bits per heavy atom. The lowest BCUT2D eigenvalue weighted by atomic mass is 9.77. The lowest BCUT2D eigenvalue weighted by molar-refractivity contribution is 0.111. The van der Waals surface area contributed by atoms with Crippen molar-refractivity contribution in [2.75, 3.05) is 0 Å². The molecule has 26 heavy (non-hydrogen) atoms. The van der Waals surface area contributed by atoms with E-state index in [9.17, 15) is 14.8 Å². The second-order valence-electron chi connectivity index (χ2n) is 5.88. The van der Waals surface area contributed by atoms with Crippen LogP contribution >= 0.6 is 0 Å². The summed E-state index contributed by atoms with van der Waals surface area (Å²) in [5.41, 5.74) is 2.75. The average Bonchev–Trinajstić information content (AvgIpc) is 3.00. The van der Waals surface area contributed by atoms with Crippen LogP contribution in [0.5, 0.6) is 5.75 Å². The molecule has 2 aromatic carbocycles. The fourth-order valence-corrected chi connectivity index (χ4v) is 2.67. The number of hydrogen-bond donors (Lipinski definition) is 2. The van der Waals surface area contributed by atoms with Gasteiger partial charge in [0, 0.05) is 5.56 Å². The third-order valence-electron chi connectivity index (χ3n) is 4.13. The molecule has 0 saturated heterocycles. The van der Waals surface area contributed by atoms with Crippen molar-refractivity contribution in [3.63, 3.8) is 0 Å². The molecule has 0 aliphatic heterocycles. The topological polar surface area (TPSA) is 92.8 Å². The Morgan fingerprint density at radius 1 is 1.15 bits per heavy atom. The van der Waals surface area contributed by atoms with E-state index in [1.165, 1.54) is 6.07 Å². The van der Waals surface area contributed by atoms with Crippen molar-refractivity contribution in [3.05, 3.63) is 65.0 Å². The highest BCUT2D eigenvalue weighted by Gasteiger charge is 2.20. The van der Waals surface area contributed by atoms with E-state index in [2.05, 4.69) is 4.98 Å². The van der Waals surface area contributed by atoms with E-state index in [0.29, 0.717) is 23.6 Å². The quantitative estimate of drug-likeness (QED) is 0.522. The van der Waals surface area contributed by atoms with Crippen molar-refractivity contribution in [3.8, 4) is 17.2 Å². The van der Waals surface area contributed by atoms with E-state index < -0.39 is 7.12 Å². The van der Waals surface area contributed by atoms with Gasteiger partial charge in [-0.2, -0.15) is 0 Å². The Morgan fingerprint density at radius 2 is 1.92 bits per heavy atom. The van der Waals surface area contributed by atoms with Gasteiger partial charge in [-0.1, -0.05) is 30.3 Å². The van der Waals surface area contributed by atoms with Crippen LogP contribution in [0.1, 0.15) is 27.4 Å². The summed E-state index contributed by atoms with van der Waals surface area (Å²) in [6.07, 6.45) is 0.540. The van der Waals surface area contributed by atoms with E-state index in [1.54, 1.807) is 19.1 Å². The first-order chi connectivity index (χ1) is 12.5. The van der Waals surface area contributed by atoms with Gasteiger partial charge in [-0.05, 0) is 37.0 Å². The predicted octanol–water partition coefficient (Wildman–Crippen LogP) is 2.03. The highest BCUT2D eigenvalue weighted by atomic mass is 16.5. The lowest BCUT2D eigenvalue weighted by Crippen LogP contribution is -2.33. The van der Waals surface area contributed by atoms with Crippen LogP contribution in [0.4, 0.5) is 0 Å². The van der Waals surface area contributed by atoms with Gasteiger partial charge in [-0.25, -0.2) is 4.98 Å². The van der Waals surface area contributed by atoms with E-state index >= 15 is 0 Å². The van der Waals surface area contributed by atoms with Gasteiger partial charge in [0.2, 0.25) is 5.89 Å². The zero-order chi connectivity index (χ0) is 18.7. The number of oxazole rings is 1. The summed E-state index contributed by atoms with van der Waals surface area (Å²) < 4.78 is 11.4. The van der Waals surface area contributed by atoms with Crippen molar-refractivity contribution in [1.29, 1.82) is 0 Å². The van der Waals surface area contributed by atoms with Crippen LogP contribution in [0.25, 0.3) is 11.5 Å². The fourth-order valence-electron chi connectivity index (χ4n) is 2.67. The zero-order valence-corrected chi connectivity index (χ0v) is 14.5. The first-order valence-electron chi connectivity index (χ1n) is 8.10. The van der Waals surface area contributed by atoms with Crippen molar-refractivity contribution in [2.24, 2.45) is 0 Å².